The first kappa shape index (κ1) is 23.7. The van der Waals surface area contributed by atoms with Gasteiger partial charge in [0.2, 0.25) is 0 Å². The number of nitrogens with one attached hydrogen (secondary N) is 1. The number of carboxylic acids is 1. The van der Waals surface area contributed by atoms with Crippen LogP contribution >= 0.6 is 11.6 Å². The van der Waals surface area contributed by atoms with Crippen molar-refractivity contribution in [3.8, 4) is 5.75 Å². The molecule has 0 aromatic heterocycles. The van der Waals surface area contributed by atoms with E-state index in [1.54, 1.807) is 61.5 Å². The number of hydrogen-bond donors (Lipinski definition) is 2. The summed E-state index contributed by atoms with van der Waals surface area (Å²) in [5.74, 6) is -2.00. The molecule has 1 aliphatic heterocycles. The third-order valence-electron chi connectivity index (χ3n) is 5.38. The van der Waals surface area contributed by atoms with Crippen LogP contribution in [0.4, 0.5) is 10.5 Å². The molecule has 1 heterocycles. The van der Waals surface area contributed by atoms with E-state index in [2.05, 4.69) is 5.32 Å². The Bertz CT molecular complexity index is 1360. The fourth-order valence-corrected chi connectivity index (χ4v) is 3.62. The Morgan fingerprint density at radius 3 is 2.37 bits per heavy atom. The predicted molar refractivity (Wildman–Crippen MR) is 129 cm³/mol. The molecule has 3 aromatic rings. The number of carbonyl (C=O) groups is 4. The number of benzene rings is 3. The first-order chi connectivity index (χ1) is 16.7. The van der Waals surface area contributed by atoms with Gasteiger partial charge in [0.1, 0.15) is 17.9 Å². The van der Waals surface area contributed by atoms with Gasteiger partial charge in [-0.25, -0.2) is 14.5 Å². The van der Waals surface area contributed by atoms with Crippen molar-refractivity contribution in [3.63, 3.8) is 0 Å². The van der Waals surface area contributed by atoms with Gasteiger partial charge in [-0.3, -0.25) is 14.9 Å². The maximum absolute atomic E-state index is 13.1. The highest BCUT2D eigenvalue weighted by molar-refractivity contribution is 6.39. The highest BCUT2D eigenvalue weighted by Gasteiger charge is 2.37. The van der Waals surface area contributed by atoms with Crippen molar-refractivity contribution in [3.05, 3.63) is 99.6 Å². The third kappa shape index (κ3) is 5.07. The SMILES string of the molecule is Cc1c(Cl)cccc1N1C(=O)NC(=O)/C(=C\c2ccc(OCc3ccc(C(=O)O)cc3)cc2)C1=O. The van der Waals surface area contributed by atoms with Crippen LogP contribution in [0.1, 0.15) is 27.0 Å². The van der Waals surface area contributed by atoms with Crippen LogP contribution in [0.25, 0.3) is 6.08 Å². The zero-order valence-electron chi connectivity index (χ0n) is 18.4. The second kappa shape index (κ2) is 9.82. The topological polar surface area (TPSA) is 113 Å². The van der Waals surface area contributed by atoms with E-state index in [0.29, 0.717) is 27.6 Å². The zero-order chi connectivity index (χ0) is 25.1. The van der Waals surface area contributed by atoms with E-state index in [0.717, 1.165) is 10.5 Å². The average molecular weight is 491 g/mol. The number of rotatable bonds is 6. The van der Waals surface area contributed by atoms with Gasteiger partial charge in [-0.15, -0.1) is 0 Å². The van der Waals surface area contributed by atoms with Crippen molar-refractivity contribution in [2.45, 2.75) is 13.5 Å². The van der Waals surface area contributed by atoms with Gasteiger partial charge >= 0.3 is 12.0 Å². The summed E-state index contributed by atoms with van der Waals surface area (Å²) < 4.78 is 5.71. The van der Waals surface area contributed by atoms with E-state index in [1.807, 2.05) is 0 Å². The Morgan fingerprint density at radius 2 is 1.71 bits per heavy atom. The lowest BCUT2D eigenvalue weighted by atomic mass is 10.1. The average Bonchev–Trinajstić information content (AvgIpc) is 2.84. The molecule has 1 aliphatic rings. The fourth-order valence-electron chi connectivity index (χ4n) is 3.45. The van der Waals surface area contributed by atoms with Gasteiger partial charge in [-0.05, 0) is 66.1 Å². The molecule has 4 amide bonds. The molecule has 0 bridgehead atoms. The molecule has 0 radical (unpaired) electrons. The van der Waals surface area contributed by atoms with Crippen molar-refractivity contribution in [1.29, 1.82) is 0 Å². The quantitative estimate of drug-likeness (QED) is 0.386. The van der Waals surface area contributed by atoms with E-state index < -0.39 is 23.8 Å². The maximum Gasteiger partial charge on any atom is 0.335 e. The van der Waals surface area contributed by atoms with E-state index >= 15 is 0 Å². The van der Waals surface area contributed by atoms with Gasteiger partial charge in [0.15, 0.2) is 0 Å². The summed E-state index contributed by atoms with van der Waals surface area (Å²) >= 11 is 6.14. The molecule has 2 N–H and O–H groups in total. The van der Waals surface area contributed by atoms with Crippen LogP contribution in [-0.4, -0.2) is 28.9 Å². The van der Waals surface area contributed by atoms with Gasteiger partial charge < -0.3 is 9.84 Å². The van der Waals surface area contributed by atoms with Gasteiger partial charge in [-0.1, -0.05) is 41.9 Å². The minimum absolute atomic E-state index is 0.193. The van der Waals surface area contributed by atoms with Gasteiger partial charge in [0, 0.05) is 5.02 Å². The summed E-state index contributed by atoms with van der Waals surface area (Å²) in [6.45, 7) is 1.91. The molecule has 35 heavy (non-hydrogen) atoms. The number of carbonyl (C=O) groups excluding carboxylic acids is 3. The lowest BCUT2D eigenvalue weighted by molar-refractivity contribution is -0.122. The van der Waals surface area contributed by atoms with Crippen LogP contribution in [0.15, 0.2) is 72.3 Å². The van der Waals surface area contributed by atoms with Crippen LogP contribution in [0.2, 0.25) is 5.02 Å². The Labute approximate surface area is 205 Å². The fraction of sp³-hybridized carbons (Fsp3) is 0.0769. The summed E-state index contributed by atoms with van der Waals surface area (Å²) in [7, 11) is 0. The van der Waals surface area contributed by atoms with Gasteiger partial charge in [0.05, 0.1) is 11.3 Å². The zero-order valence-corrected chi connectivity index (χ0v) is 19.2. The lowest BCUT2D eigenvalue weighted by Gasteiger charge is -2.27. The van der Waals surface area contributed by atoms with Gasteiger partial charge in [-0.2, -0.15) is 0 Å². The number of nitrogens with zero attached hydrogens (tertiary/aromatic N) is 1. The molecule has 1 saturated heterocycles. The number of imide groups is 2. The standard InChI is InChI=1S/C26H19ClN2O6/c1-15-21(27)3-2-4-22(15)29-24(31)20(23(30)28-26(29)34)13-16-7-11-19(12-8-16)35-14-17-5-9-18(10-6-17)25(32)33/h2-13H,14H2,1H3,(H,32,33)(H,28,30,34)/b20-13+. The number of hydrogen-bond acceptors (Lipinski definition) is 5. The molecule has 9 heteroatoms. The maximum atomic E-state index is 13.1. The van der Waals surface area contributed by atoms with Crippen molar-refractivity contribution < 1.29 is 29.0 Å². The Kier molecular flexibility index (Phi) is 6.66. The molecule has 8 nitrogen and oxygen atoms in total. The molecule has 3 aromatic carbocycles. The lowest BCUT2D eigenvalue weighted by Crippen LogP contribution is -2.54. The first-order valence-corrected chi connectivity index (χ1v) is 10.8. The summed E-state index contributed by atoms with van der Waals surface area (Å²) in [5.41, 5.74) is 2.17. The normalized spacial score (nSPS) is 14.7. The Hall–Kier alpha value is -4.43. The number of carboxylic acid groups (broad SMARTS) is 1. The molecule has 0 aliphatic carbocycles. The van der Waals surface area contributed by atoms with E-state index in [-0.39, 0.29) is 17.7 Å². The van der Waals surface area contributed by atoms with Crippen molar-refractivity contribution in [2.24, 2.45) is 0 Å². The van der Waals surface area contributed by atoms with Crippen LogP contribution < -0.4 is 15.0 Å². The second-order valence-corrected chi connectivity index (χ2v) is 8.11. The van der Waals surface area contributed by atoms with Gasteiger partial charge in [0.25, 0.3) is 11.8 Å². The summed E-state index contributed by atoms with van der Waals surface area (Å²) in [6, 6.07) is 17.0. The largest absolute Gasteiger partial charge is 0.489 e. The first-order valence-electron chi connectivity index (χ1n) is 10.5. The number of urea groups is 1. The highest BCUT2D eigenvalue weighted by Crippen LogP contribution is 2.29. The minimum atomic E-state index is -0.998. The number of anilines is 1. The Balaban J connectivity index is 1.50. The number of barbiturate groups is 1. The minimum Gasteiger partial charge on any atom is -0.489 e. The van der Waals surface area contributed by atoms with E-state index in [4.69, 9.17) is 21.4 Å². The highest BCUT2D eigenvalue weighted by atomic mass is 35.5. The second-order valence-electron chi connectivity index (χ2n) is 7.70. The molecule has 176 valence electrons. The van der Waals surface area contributed by atoms with Crippen LogP contribution in [0.5, 0.6) is 5.75 Å². The summed E-state index contributed by atoms with van der Waals surface area (Å²) in [6.07, 6.45) is 1.39. The molecular formula is C26H19ClN2O6. The molecule has 0 unspecified atom stereocenters. The van der Waals surface area contributed by atoms with E-state index in [9.17, 15) is 19.2 Å². The smallest absolute Gasteiger partial charge is 0.335 e. The van der Waals surface area contributed by atoms with Crippen molar-refractivity contribution >= 4 is 47.2 Å². The monoisotopic (exact) mass is 490 g/mol. The molecule has 0 atom stereocenters. The predicted octanol–water partition coefficient (Wildman–Crippen LogP) is 4.59. The van der Waals surface area contributed by atoms with E-state index in [1.165, 1.54) is 18.2 Å². The number of ether oxygens (including phenoxy) is 1. The van der Waals surface area contributed by atoms with Crippen molar-refractivity contribution in [1.82, 2.24) is 5.32 Å². The molecule has 4 rings (SSSR count). The van der Waals surface area contributed by atoms with Crippen LogP contribution in [-0.2, 0) is 16.2 Å². The number of amides is 4. The summed E-state index contributed by atoms with van der Waals surface area (Å²) in [5, 5.41) is 11.5. The van der Waals surface area contributed by atoms with Crippen LogP contribution in [0, 0.1) is 6.92 Å². The molecule has 1 fully saturated rings. The van der Waals surface area contributed by atoms with Crippen molar-refractivity contribution in [2.75, 3.05) is 4.90 Å². The number of halogens is 1. The molecule has 0 saturated carbocycles. The molecule has 0 spiro atoms. The van der Waals surface area contributed by atoms with Crippen LogP contribution in [0.3, 0.4) is 0 Å². The third-order valence-corrected chi connectivity index (χ3v) is 5.79. The Morgan fingerprint density at radius 1 is 1.03 bits per heavy atom. The molecular weight excluding hydrogens is 472 g/mol. The summed E-state index contributed by atoms with van der Waals surface area (Å²) in [4.78, 5) is 49.7. The number of aromatic carboxylic acids is 1.